The molecule has 4 heteroatoms. The van der Waals surface area contributed by atoms with E-state index in [2.05, 4.69) is 46.6 Å². The lowest BCUT2D eigenvalue weighted by Crippen LogP contribution is -2.32. The van der Waals surface area contributed by atoms with Gasteiger partial charge >= 0.3 is 0 Å². The third-order valence-corrected chi connectivity index (χ3v) is 4.32. The summed E-state index contributed by atoms with van der Waals surface area (Å²) in [6.07, 6.45) is 5.52. The molecule has 18 heavy (non-hydrogen) atoms. The number of hydrogen-bond donors (Lipinski definition) is 1. The van der Waals surface area contributed by atoms with Crippen molar-refractivity contribution in [3.05, 3.63) is 33.3 Å². The van der Waals surface area contributed by atoms with Crippen LogP contribution in [0.4, 0.5) is 0 Å². The van der Waals surface area contributed by atoms with Gasteiger partial charge in [0.15, 0.2) is 0 Å². The largest absolute Gasteiger partial charge is 0.314 e. The van der Waals surface area contributed by atoms with Crippen LogP contribution < -0.4 is 5.32 Å². The van der Waals surface area contributed by atoms with E-state index in [0.29, 0.717) is 6.04 Å². The van der Waals surface area contributed by atoms with Gasteiger partial charge in [-0.25, -0.2) is 0 Å². The third kappa shape index (κ3) is 5.96. The first kappa shape index (κ1) is 16.4. The first-order valence-corrected chi connectivity index (χ1v) is 8.90. The summed E-state index contributed by atoms with van der Waals surface area (Å²) in [5.41, 5.74) is 1.23. The zero-order valence-corrected chi connectivity index (χ0v) is 14.2. The number of halogens is 2. The standard InChI is InChI=1S/C14H21BrClNS/c1-3-7-17-13(6-8-18-2)9-11-4-5-12(15)10-14(11)16/h4-5,10,13,17H,3,6-9H2,1-2H3. The summed E-state index contributed by atoms with van der Waals surface area (Å²) >= 11 is 11.6. The molecular formula is C14H21BrClNS. The molecule has 0 heterocycles. The molecule has 0 aliphatic rings. The summed E-state index contributed by atoms with van der Waals surface area (Å²) in [4.78, 5) is 0. The Balaban J connectivity index is 2.62. The molecule has 1 atom stereocenters. The Labute approximate surface area is 128 Å². The minimum absolute atomic E-state index is 0.524. The minimum atomic E-state index is 0.524. The lowest BCUT2D eigenvalue weighted by atomic mass is 10.0. The zero-order valence-electron chi connectivity index (χ0n) is 11.0. The Kier molecular flexibility index (Phi) is 8.40. The Bertz CT molecular complexity index is 352. The summed E-state index contributed by atoms with van der Waals surface area (Å²) in [6.45, 7) is 3.28. The van der Waals surface area contributed by atoms with E-state index in [0.717, 1.165) is 22.5 Å². The fraction of sp³-hybridized carbons (Fsp3) is 0.571. The summed E-state index contributed by atoms with van der Waals surface area (Å²) < 4.78 is 1.04. The van der Waals surface area contributed by atoms with Gasteiger partial charge in [0, 0.05) is 15.5 Å². The molecule has 102 valence electrons. The number of rotatable bonds is 8. The first-order valence-electron chi connectivity index (χ1n) is 6.33. The van der Waals surface area contributed by atoms with E-state index in [1.165, 1.54) is 24.2 Å². The van der Waals surface area contributed by atoms with Gasteiger partial charge in [-0.05, 0) is 55.5 Å². The third-order valence-electron chi connectivity index (χ3n) is 2.83. The molecule has 1 aromatic rings. The van der Waals surface area contributed by atoms with E-state index < -0.39 is 0 Å². The van der Waals surface area contributed by atoms with Crippen molar-refractivity contribution in [1.29, 1.82) is 0 Å². The number of benzene rings is 1. The monoisotopic (exact) mass is 349 g/mol. The number of nitrogens with one attached hydrogen (secondary N) is 1. The maximum Gasteiger partial charge on any atom is 0.0449 e. The summed E-state index contributed by atoms with van der Waals surface area (Å²) in [5.74, 6) is 1.19. The molecular weight excluding hydrogens is 330 g/mol. The molecule has 0 radical (unpaired) electrons. The van der Waals surface area contributed by atoms with Crippen LogP contribution in [-0.2, 0) is 6.42 Å². The van der Waals surface area contributed by atoms with E-state index in [1.807, 2.05) is 17.8 Å². The number of thioether (sulfide) groups is 1. The Hall–Kier alpha value is 0.300. The average Bonchev–Trinajstić information content (AvgIpc) is 2.35. The van der Waals surface area contributed by atoms with Crippen LogP contribution in [-0.4, -0.2) is 24.6 Å². The SMILES string of the molecule is CCCNC(CCSC)Cc1ccc(Br)cc1Cl. The van der Waals surface area contributed by atoms with Crippen molar-refractivity contribution in [1.82, 2.24) is 5.32 Å². The van der Waals surface area contributed by atoms with Crippen LogP contribution in [0.2, 0.25) is 5.02 Å². The molecule has 1 rings (SSSR count). The molecule has 0 aromatic heterocycles. The smallest absolute Gasteiger partial charge is 0.0449 e. The van der Waals surface area contributed by atoms with Gasteiger partial charge in [0.1, 0.15) is 0 Å². The van der Waals surface area contributed by atoms with Crippen LogP contribution >= 0.6 is 39.3 Å². The second kappa shape index (κ2) is 9.24. The molecule has 0 amide bonds. The predicted molar refractivity (Wildman–Crippen MR) is 87.9 cm³/mol. The second-order valence-corrected chi connectivity index (χ2v) is 6.68. The van der Waals surface area contributed by atoms with E-state index in [9.17, 15) is 0 Å². The van der Waals surface area contributed by atoms with E-state index in [-0.39, 0.29) is 0 Å². The fourth-order valence-electron chi connectivity index (χ4n) is 1.84. The molecule has 0 saturated heterocycles. The summed E-state index contributed by atoms with van der Waals surface area (Å²) in [7, 11) is 0. The van der Waals surface area contributed by atoms with Gasteiger partial charge in [0.2, 0.25) is 0 Å². The van der Waals surface area contributed by atoms with Crippen molar-refractivity contribution in [3.63, 3.8) is 0 Å². The highest BCUT2D eigenvalue weighted by atomic mass is 79.9. The fourth-order valence-corrected chi connectivity index (χ4v) is 3.11. The minimum Gasteiger partial charge on any atom is -0.314 e. The van der Waals surface area contributed by atoms with Crippen LogP contribution in [0.3, 0.4) is 0 Å². The Morgan fingerprint density at radius 2 is 2.22 bits per heavy atom. The van der Waals surface area contributed by atoms with Gasteiger partial charge in [-0.2, -0.15) is 11.8 Å². The lowest BCUT2D eigenvalue weighted by molar-refractivity contribution is 0.498. The Morgan fingerprint density at radius 3 is 2.83 bits per heavy atom. The maximum atomic E-state index is 6.28. The van der Waals surface area contributed by atoms with Crippen LogP contribution in [0, 0.1) is 0 Å². The van der Waals surface area contributed by atoms with Gasteiger partial charge in [0.25, 0.3) is 0 Å². The predicted octanol–water partition coefficient (Wildman–Crippen LogP) is 4.77. The van der Waals surface area contributed by atoms with Crippen molar-refractivity contribution in [3.8, 4) is 0 Å². The van der Waals surface area contributed by atoms with Gasteiger partial charge < -0.3 is 5.32 Å². The van der Waals surface area contributed by atoms with E-state index in [4.69, 9.17) is 11.6 Å². The molecule has 1 unspecified atom stereocenters. The molecule has 1 nitrogen and oxygen atoms in total. The average molecular weight is 351 g/mol. The maximum absolute atomic E-state index is 6.28. The molecule has 0 fully saturated rings. The topological polar surface area (TPSA) is 12.0 Å². The van der Waals surface area contributed by atoms with Crippen molar-refractivity contribution in [2.75, 3.05) is 18.6 Å². The molecule has 1 N–H and O–H groups in total. The van der Waals surface area contributed by atoms with Gasteiger partial charge in [-0.1, -0.05) is 40.5 Å². The normalized spacial score (nSPS) is 12.7. The van der Waals surface area contributed by atoms with Gasteiger partial charge in [-0.15, -0.1) is 0 Å². The molecule has 0 aliphatic heterocycles. The van der Waals surface area contributed by atoms with Crippen molar-refractivity contribution in [2.45, 2.75) is 32.2 Å². The molecule has 1 aromatic carbocycles. The van der Waals surface area contributed by atoms with Crippen molar-refractivity contribution >= 4 is 39.3 Å². The highest BCUT2D eigenvalue weighted by Gasteiger charge is 2.11. The van der Waals surface area contributed by atoms with E-state index in [1.54, 1.807) is 0 Å². The highest BCUT2D eigenvalue weighted by Crippen LogP contribution is 2.23. The van der Waals surface area contributed by atoms with Crippen LogP contribution in [0.25, 0.3) is 0 Å². The molecule has 0 saturated carbocycles. The molecule has 0 spiro atoms. The molecule has 0 bridgehead atoms. The van der Waals surface area contributed by atoms with Crippen molar-refractivity contribution in [2.24, 2.45) is 0 Å². The summed E-state index contributed by atoms with van der Waals surface area (Å²) in [6, 6.07) is 6.68. The lowest BCUT2D eigenvalue weighted by Gasteiger charge is -2.19. The van der Waals surface area contributed by atoms with Crippen LogP contribution in [0.5, 0.6) is 0 Å². The van der Waals surface area contributed by atoms with Crippen LogP contribution in [0.1, 0.15) is 25.3 Å². The van der Waals surface area contributed by atoms with Gasteiger partial charge in [0.05, 0.1) is 0 Å². The quantitative estimate of drug-likeness (QED) is 0.725. The van der Waals surface area contributed by atoms with E-state index >= 15 is 0 Å². The summed E-state index contributed by atoms with van der Waals surface area (Å²) in [5, 5.41) is 4.47. The Morgan fingerprint density at radius 1 is 1.44 bits per heavy atom. The zero-order chi connectivity index (χ0) is 13.4. The van der Waals surface area contributed by atoms with Crippen LogP contribution in [0.15, 0.2) is 22.7 Å². The first-order chi connectivity index (χ1) is 8.67. The highest BCUT2D eigenvalue weighted by molar-refractivity contribution is 9.10. The van der Waals surface area contributed by atoms with Gasteiger partial charge in [-0.3, -0.25) is 0 Å². The second-order valence-electron chi connectivity index (χ2n) is 4.37. The molecule has 0 aliphatic carbocycles. The number of hydrogen-bond acceptors (Lipinski definition) is 2. The van der Waals surface area contributed by atoms with Crippen molar-refractivity contribution < 1.29 is 0 Å².